The number of nitrogens with one attached hydrogen (secondary N) is 2. The van der Waals surface area contributed by atoms with Crippen molar-refractivity contribution >= 4 is 5.71 Å². The Morgan fingerprint density at radius 1 is 1.62 bits per heavy atom. The first-order chi connectivity index (χ1) is 6.29. The topological polar surface area (TPSA) is 62.4 Å². The van der Waals surface area contributed by atoms with Crippen molar-refractivity contribution in [1.29, 1.82) is 0 Å². The van der Waals surface area contributed by atoms with Gasteiger partial charge < -0.3 is 5.32 Å². The molecule has 0 fully saturated rings. The fourth-order valence-corrected chi connectivity index (χ4v) is 1.16. The molecule has 0 aromatic rings. The zero-order chi connectivity index (χ0) is 10.1. The number of allylic oxidation sites excluding steroid dienone is 1. The molecule has 0 aromatic heterocycles. The molecule has 4 N–H and O–H groups in total. The van der Waals surface area contributed by atoms with Gasteiger partial charge in [0.25, 0.3) is 0 Å². The molecule has 0 aliphatic rings. The Labute approximate surface area is 80.3 Å². The van der Waals surface area contributed by atoms with E-state index in [0.29, 0.717) is 5.92 Å². The van der Waals surface area contributed by atoms with Gasteiger partial charge in [0.2, 0.25) is 0 Å². The molecule has 76 valence electrons. The standard InChI is InChI=1S/C9H20N4/c1-4-8(7-13-10)9(12-3)5-6-11-2/h5-6,8,11,13H,4,7,10H2,1-3H3/b6-5-,12-9+. The number of nitrogens with two attached hydrogens (primary N) is 1. The number of aliphatic imine (C=N–C) groups is 1. The smallest absolute Gasteiger partial charge is 0.0403 e. The minimum Gasteiger partial charge on any atom is -0.394 e. The van der Waals surface area contributed by atoms with Crippen LogP contribution in [0.3, 0.4) is 0 Å². The summed E-state index contributed by atoms with van der Waals surface area (Å²) < 4.78 is 0. The third kappa shape index (κ3) is 4.65. The van der Waals surface area contributed by atoms with Crippen LogP contribution in [0.25, 0.3) is 0 Å². The van der Waals surface area contributed by atoms with Gasteiger partial charge in [-0.15, -0.1) is 0 Å². The minimum absolute atomic E-state index is 0.389. The van der Waals surface area contributed by atoms with Crippen LogP contribution in [0.15, 0.2) is 17.3 Å². The van der Waals surface area contributed by atoms with Crippen LogP contribution in [0.1, 0.15) is 13.3 Å². The van der Waals surface area contributed by atoms with Crippen molar-refractivity contribution in [3.63, 3.8) is 0 Å². The van der Waals surface area contributed by atoms with Gasteiger partial charge in [0.1, 0.15) is 0 Å². The predicted molar refractivity (Wildman–Crippen MR) is 57.5 cm³/mol. The van der Waals surface area contributed by atoms with Gasteiger partial charge in [-0.25, -0.2) is 0 Å². The molecule has 0 aliphatic carbocycles. The predicted octanol–water partition coefficient (Wildman–Crippen LogP) is 0.280. The molecule has 0 bridgehead atoms. The van der Waals surface area contributed by atoms with Gasteiger partial charge in [-0.2, -0.15) is 0 Å². The summed E-state index contributed by atoms with van der Waals surface area (Å²) in [5.41, 5.74) is 3.74. The lowest BCUT2D eigenvalue weighted by atomic mass is 10.0. The highest BCUT2D eigenvalue weighted by atomic mass is 15.2. The molecule has 4 heteroatoms. The Morgan fingerprint density at radius 3 is 2.69 bits per heavy atom. The second-order valence-corrected chi connectivity index (χ2v) is 2.78. The number of rotatable bonds is 6. The van der Waals surface area contributed by atoms with Crippen LogP contribution in [0.2, 0.25) is 0 Å². The Hall–Kier alpha value is -0.870. The quantitative estimate of drug-likeness (QED) is 0.316. The van der Waals surface area contributed by atoms with E-state index in [4.69, 9.17) is 5.84 Å². The minimum atomic E-state index is 0.389. The van der Waals surface area contributed by atoms with Gasteiger partial charge in [-0.1, -0.05) is 6.92 Å². The zero-order valence-corrected chi connectivity index (χ0v) is 8.67. The van der Waals surface area contributed by atoms with Crippen molar-refractivity contribution in [1.82, 2.24) is 10.7 Å². The third-order valence-corrected chi connectivity index (χ3v) is 1.95. The maximum Gasteiger partial charge on any atom is 0.0403 e. The van der Waals surface area contributed by atoms with Crippen LogP contribution in [-0.2, 0) is 0 Å². The number of hydrogen-bond acceptors (Lipinski definition) is 4. The summed E-state index contributed by atoms with van der Waals surface area (Å²) in [6.45, 7) is 2.89. The van der Waals surface area contributed by atoms with E-state index in [1.807, 2.05) is 19.3 Å². The first-order valence-electron chi connectivity index (χ1n) is 4.54. The van der Waals surface area contributed by atoms with Crippen molar-refractivity contribution in [3.05, 3.63) is 12.3 Å². The van der Waals surface area contributed by atoms with Gasteiger partial charge in [-0.05, 0) is 18.7 Å². The molecular weight excluding hydrogens is 164 g/mol. The van der Waals surface area contributed by atoms with E-state index in [-0.39, 0.29) is 0 Å². The lowest BCUT2D eigenvalue weighted by molar-refractivity contribution is 0.585. The van der Waals surface area contributed by atoms with Crippen LogP contribution in [-0.4, -0.2) is 26.4 Å². The van der Waals surface area contributed by atoms with E-state index < -0.39 is 0 Å². The normalized spacial score (nSPS) is 14.9. The van der Waals surface area contributed by atoms with Crippen molar-refractivity contribution in [3.8, 4) is 0 Å². The molecular formula is C9H20N4. The first-order valence-corrected chi connectivity index (χ1v) is 4.54. The van der Waals surface area contributed by atoms with Crippen molar-refractivity contribution in [2.24, 2.45) is 16.8 Å². The number of nitrogens with zero attached hydrogens (tertiary/aromatic N) is 1. The molecule has 0 radical (unpaired) electrons. The van der Waals surface area contributed by atoms with Gasteiger partial charge in [0.05, 0.1) is 0 Å². The molecule has 13 heavy (non-hydrogen) atoms. The molecule has 0 aliphatic heterocycles. The van der Waals surface area contributed by atoms with Crippen molar-refractivity contribution in [2.45, 2.75) is 13.3 Å². The number of hydrogen-bond donors (Lipinski definition) is 3. The molecule has 0 saturated heterocycles. The van der Waals surface area contributed by atoms with Crippen LogP contribution >= 0.6 is 0 Å². The molecule has 0 spiro atoms. The van der Waals surface area contributed by atoms with E-state index in [9.17, 15) is 0 Å². The fourth-order valence-electron chi connectivity index (χ4n) is 1.16. The molecule has 0 rings (SSSR count). The fraction of sp³-hybridized carbons (Fsp3) is 0.667. The summed E-state index contributed by atoms with van der Waals surface area (Å²) in [7, 11) is 3.67. The highest BCUT2D eigenvalue weighted by Crippen LogP contribution is 2.04. The van der Waals surface area contributed by atoms with Crippen LogP contribution in [0.5, 0.6) is 0 Å². The van der Waals surface area contributed by atoms with E-state index >= 15 is 0 Å². The van der Waals surface area contributed by atoms with Gasteiger partial charge in [-0.3, -0.25) is 16.3 Å². The zero-order valence-electron chi connectivity index (χ0n) is 8.67. The van der Waals surface area contributed by atoms with E-state index in [1.54, 1.807) is 7.05 Å². The maximum absolute atomic E-state index is 5.28. The molecule has 1 atom stereocenters. The maximum atomic E-state index is 5.28. The molecule has 0 saturated carbocycles. The highest BCUT2D eigenvalue weighted by molar-refractivity contribution is 5.96. The summed E-state index contributed by atoms with van der Waals surface area (Å²) in [5.74, 6) is 5.67. The van der Waals surface area contributed by atoms with Gasteiger partial charge >= 0.3 is 0 Å². The van der Waals surface area contributed by atoms with Crippen molar-refractivity contribution < 1.29 is 0 Å². The summed E-state index contributed by atoms with van der Waals surface area (Å²) in [6, 6.07) is 0. The molecule has 0 amide bonds. The van der Waals surface area contributed by atoms with E-state index in [1.165, 1.54) is 0 Å². The summed E-state index contributed by atoms with van der Waals surface area (Å²) in [4.78, 5) is 4.21. The average Bonchev–Trinajstić information content (AvgIpc) is 2.17. The molecule has 0 aromatic carbocycles. The Morgan fingerprint density at radius 2 is 2.31 bits per heavy atom. The number of hydrazine groups is 1. The lowest BCUT2D eigenvalue weighted by Crippen LogP contribution is -2.32. The summed E-state index contributed by atoms with van der Waals surface area (Å²) in [5, 5.41) is 2.94. The third-order valence-electron chi connectivity index (χ3n) is 1.95. The molecule has 1 unspecified atom stereocenters. The van der Waals surface area contributed by atoms with Gasteiger partial charge in [0, 0.05) is 32.3 Å². The van der Waals surface area contributed by atoms with Crippen LogP contribution < -0.4 is 16.6 Å². The first kappa shape index (κ1) is 12.1. The van der Waals surface area contributed by atoms with Crippen molar-refractivity contribution in [2.75, 3.05) is 20.6 Å². The second-order valence-electron chi connectivity index (χ2n) is 2.78. The van der Waals surface area contributed by atoms with Crippen LogP contribution in [0.4, 0.5) is 0 Å². The monoisotopic (exact) mass is 184 g/mol. The molecule has 0 heterocycles. The van der Waals surface area contributed by atoms with E-state index in [2.05, 4.69) is 22.7 Å². The average molecular weight is 184 g/mol. The second kappa shape index (κ2) is 7.76. The van der Waals surface area contributed by atoms with E-state index in [0.717, 1.165) is 18.7 Å². The van der Waals surface area contributed by atoms with Crippen LogP contribution in [0, 0.1) is 5.92 Å². The Balaban J connectivity index is 4.26. The SMILES string of the molecule is CCC(CNN)C(/C=C\NC)=N/C. The Bertz CT molecular complexity index is 174. The highest BCUT2D eigenvalue weighted by Gasteiger charge is 2.09. The summed E-state index contributed by atoms with van der Waals surface area (Å²) >= 11 is 0. The molecule has 4 nitrogen and oxygen atoms in total. The van der Waals surface area contributed by atoms with Gasteiger partial charge in [0.15, 0.2) is 0 Å². The summed E-state index contributed by atoms with van der Waals surface area (Å²) in [6.07, 6.45) is 4.89. The lowest BCUT2D eigenvalue weighted by Gasteiger charge is -2.13. The largest absolute Gasteiger partial charge is 0.394 e. The Kier molecular flexibility index (Phi) is 7.24.